The van der Waals surface area contributed by atoms with Crippen molar-refractivity contribution in [3.8, 4) is 0 Å². The molecule has 2 aliphatic rings. The molecule has 1 heteroatoms. The van der Waals surface area contributed by atoms with E-state index >= 15 is 0 Å². The molecule has 0 aromatic carbocycles. The van der Waals surface area contributed by atoms with E-state index in [4.69, 9.17) is 0 Å². The highest BCUT2D eigenvalue weighted by molar-refractivity contribution is 5.17. The second-order valence-electron chi connectivity index (χ2n) is 5.19. The SMILES string of the molecule is CC1(C)CNCC/C1=C/C1CCC1. The van der Waals surface area contributed by atoms with Crippen LogP contribution in [-0.4, -0.2) is 13.1 Å². The van der Waals surface area contributed by atoms with Crippen molar-refractivity contribution in [3.05, 3.63) is 11.6 Å². The lowest BCUT2D eigenvalue weighted by Gasteiger charge is -2.35. The summed E-state index contributed by atoms with van der Waals surface area (Å²) in [5, 5.41) is 3.47. The standard InChI is InChI=1S/C12H21N/c1-12(2)9-13-7-6-11(12)8-10-4-3-5-10/h8,10,13H,3-7,9H2,1-2H3/b11-8-. The number of piperidine rings is 1. The van der Waals surface area contributed by atoms with Crippen LogP contribution in [0.1, 0.15) is 39.5 Å². The van der Waals surface area contributed by atoms with Crippen molar-refractivity contribution < 1.29 is 0 Å². The van der Waals surface area contributed by atoms with E-state index in [0.29, 0.717) is 5.41 Å². The van der Waals surface area contributed by atoms with Crippen LogP contribution in [0.2, 0.25) is 0 Å². The first-order valence-electron chi connectivity index (χ1n) is 5.60. The molecule has 1 N–H and O–H groups in total. The molecule has 2 rings (SSSR count). The van der Waals surface area contributed by atoms with Crippen molar-refractivity contribution in [2.75, 3.05) is 13.1 Å². The fraction of sp³-hybridized carbons (Fsp3) is 0.833. The van der Waals surface area contributed by atoms with Crippen molar-refractivity contribution in [2.24, 2.45) is 11.3 Å². The molecule has 0 radical (unpaired) electrons. The number of hydrogen-bond donors (Lipinski definition) is 1. The first-order chi connectivity index (χ1) is 6.18. The summed E-state index contributed by atoms with van der Waals surface area (Å²) in [5.41, 5.74) is 2.12. The molecule has 1 nitrogen and oxygen atoms in total. The summed E-state index contributed by atoms with van der Waals surface area (Å²) in [6.07, 6.45) is 8.17. The van der Waals surface area contributed by atoms with Gasteiger partial charge in [0.15, 0.2) is 0 Å². The highest BCUT2D eigenvalue weighted by atomic mass is 14.9. The van der Waals surface area contributed by atoms with Crippen LogP contribution in [0.4, 0.5) is 0 Å². The van der Waals surface area contributed by atoms with Gasteiger partial charge in [-0.1, -0.05) is 31.9 Å². The van der Waals surface area contributed by atoms with E-state index in [9.17, 15) is 0 Å². The van der Waals surface area contributed by atoms with Crippen LogP contribution >= 0.6 is 0 Å². The van der Waals surface area contributed by atoms with Crippen LogP contribution in [0.3, 0.4) is 0 Å². The molecular formula is C12H21N. The zero-order chi connectivity index (χ0) is 9.31. The molecule has 1 heterocycles. The highest BCUT2D eigenvalue weighted by Gasteiger charge is 2.27. The maximum Gasteiger partial charge on any atom is 0.00400 e. The Bertz CT molecular complexity index is 211. The van der Waals surface area contributed by atoms with E-state index in [1.807, 2.05) is 0 Å². The van der Waals surface area contributed by atoms with Gasteiger partial charge in [-0.05, 0) is 37.1 Å². The highest BCUT2D eigenvalue weighted by Crippen LogP contribution is 2.36. The van der Waals surface area contributed by atoms with Gasteiger partial charge in [0, 0.05) is 6.54 Å². The van der Waals surface area contributed by atoms with Gasteiger partial charge in [0.25, 0.3) is 0 Å². The van der Waals surface area contributed by atoms with E-state index in [2.05, 4.69) is 25.2 Å². The van der Waals surface area contributed by atoms with Gasteiger partial charge in [-0.2, -0.15) is 0 Å². The molecule has 74 valence electrons. The third-order valence-electron chi connectivity index (χ3n) is 3.59. The molecule has 1 saturated heterocycles. The van der Waals surface area contributed by atoms with Crippen LogP contribution in [0, 0.1) is 11.3 Å². The summed E-state index contributed by atoms with van der Waals surface area (Å²) in [7, 11) is 0. The van der Waals surface area contributed by atoms with Crippen LogP contribution in [0.15, 0.2) is 11.6 Å². The predicted octanol–water partition coefficient (Wildman–Crippen LogP) is 2.73. The van der Waals surface area contributed by atoms with Crippen molar-refractivity contribution in [3.63, 3.8) is 0 Å². The van der Waals surface area contributed by atoms with E-state index in [1.165, 1.54) is 32.2 Å². The molecule has 0 bridgehead atoms. The molecule has 1 saturated carbocycles. The van der Waals surface area contributed by atoms with E-state index in [0.717, 1.165) is 12.5 Å². The fourth-order valence-electron chi connectivity index (χ4n) is 2.28. The van der Waals surface area contributed by atoms with Gasteiger partial charge in [-0.3, -0.25) is 0 Å². The zero-order valence-electron chi connectivity index (χ0n) is 8.90. The summed E-state index contributed by atoms with van der Waals surface area (Å²) in [5.74, 6) is 0.923. The minimum absolute atomic E-state index is 0.411. The Kier molecular flexibility index (Phi) is 2.46. The molecule has 0 spiro atoms. The number of allylic oxidation sites excluding steroid dienone is 1. The molecule has 2 fully saturated rings. The Morgan fingerprint density at radius 2 is 2.15 bits per heavy atom. The van der Waals surface area contributed by atoms with Gasteiger partial charge < -0.3 is 5.32 Å². The normalized spacial score (nSPS) is 31.7. The number of nitrogens with one attached hydrogen (secondary N) is 1. The second kappa shape index (κ2) is 3.45. The van der Waals surface area contributed by atoms with Crippen molar-refractivity contribution >= 4 is 0 Å². The molecule has 1 aliphatic heterocycles. The Balaban J connectivity index is 2.05. The maximum absolute atomic E-state index is 3.47. The Morgan fingerprint density at radius 1 is 1.38 bits per heavy atom. The smallest absolute Gasteiger partial charge is 0.00400 e. The summed E-state index contributed by atoms with van der Waals surface area (Å²) in [6, 6.07) is 0. The molecular weight excluding hydrogens is 158 g/mol. The van der Waals surface area contributed by atoms with Crippen molar-refractivity contribution in [1.82, 2.24) is 5.32 Å². The summed E-state index contributed by atoms with van der Waals surface area (Å²) in [4.78, 5) is 0. The molecule has 0 atom stereocenters. The summed E-state index contributed by atoms with van der Waals surface area (Å²) >= 11 is 0. The van der Waals surface area contributed by atoms with E-state index in [-0.39, 0.29) is 0 Å². The lowest BCUT2D eigenvalue weighted by molar-refractivity contribution is 0.335. The minimum Gasteiger partial charge on any atom is -0.316 e. The molecule has 0 aromatic heterocycles. The lowest BCUT2D eigenvalue weighted by Crippen LogP contribution is -2.38. The first-order valence-corrected chi connectivity index (χ1v) is 5.60. The molecule has 1 aliphatic carbocycles. The van der Waals surface area contributed by atoms with Crippen LogP contribution in [0.25, 0.3) is 0 Å². The maximum atomic E-state index is 3.47. The van der Waals surface area contributed by atoms with E-state index < -0.39 is 0 Å². The Morgan fingerprint density at radius 3 is 2.69 bits per heavy atom. The topological polar surface area (TPSA) is 12.0 Å². The van der Waals surface area contributed by atoms with Crippen LogP contribution < -0.4 is 5.32 Å². The third-order valence-corrected chi connectivity index (χ3v) is 3.59. The first kappa shape index (κ1) is 9.26. The largest absolute Gasteiger partial charge is 0.316 e. The minimum atomic E-state index is 0.411. The van der Waals surface area contributed by atoms with Gasteiger partial charge >= 0.3 is 0 Å². The average Bonchev–Trinajstić information content (AvgIpc) is 1.98. The van der Waals surface area contributed by atoms with Gasteiger partial charge in [0.1, 0.15) is 0 Å². The van der Waals surface area contributed by atoms with Crippen LogP contribution in [-0.2, 0) is 0 Å². The second-order valence-corrected chi connectivity index (χ2v) is 5.19. The van der Waals surface area contributed by atoms with Gasteiger partial charge in [0.2, 0.25) is 0 Å². The molecule has 13 heavy (non-hydrogen) atoms. The predicted molar refractivity (Wildman–Crippen MR) is 56.7 cm³/mol. The lowest BCUT2D eigenvalue weighted by atomic mass is 9.75. The number of hydrogen-bond acceptors (Lipinski definition) is 1. The fourth-order valence-corrected chi connectivity index (χ4v) is 2.28. The Hall–Kier alpha value is -0.300. The van der Waals surface area contributed by atoms with Gasteiger partial charge in [0.05, 0.1) is 0 Å². The summed E-state index contributed by atoms with van der Waals surface area (Å²) in [6.45, 7) is 7.07. The van der Waals surface area contributed by atoms with Gasteiger partial charge in [-0.15, -0.1) is 0 Å². The summed E-state index contributed by atoms with van der Waals surface area (Å²) < 4.78 is 0. The van der Waals surface area contributed by atoms with Gasteiger partial charge in [-0.25, -0.2) is 0 Å². The van der Waals surface area contributed by atoms with Crippen molar-refractivity contribution in [1.29, 1.82) is 0 Å². The average molecular weight is 179 g/mol. The monoisotopic (exact) mass is 179 g/mol. The quantitative estimate of drug-likeness (QED) is 0.610. The molecule has 0 amide bonds. The van der Waals surface area contributed by atoms with E-state index in [1.54, 1.807) is 5.57 Å². The number of rotatable bonds is 1. The van der Waals surface area contributed by atoms with Crippen LogP contribution in [0.5, 0.6) is 0 Å². The van der Waals surface area contributed by atoms with Crippen molar-refractivity contribution in [2.45, 2.75) is 39.5 Å². The third kappa shape index (κ3) is 1.96. The zero-order valence-corrected chi connectivity index (χ0v) is 8.90. The molecule has 0 aromatic rings. The Labute approximate surface area is 81.6 Å². The molecule has 0 unspecified atom stereocenters.